The first-order valence-electron chi connectivity index (χ1n) is 4.75. The highest BCUT2D eigenvalue weighted by molar-refractivity contribution is 5.66. The molecule has 1 spiro atoms. The number of carbonyl (C=O) groups is 1. The minimum atomic E-state index is -0.714. The highest BCUT2D eigenvalue weighted by Crippen LogP contribution is 2.42. The first-order valence-corrected chi connectivity index (χ1v) is 4.75. The Bertz CT molecular complexity index is 191. The molecule has 3 heteroatoms. The van der Waals surface area contributed by atoms with Crippen LogP contribution in [0.15, 0.2) is 0 Å². The second-order valence-corrected chi connectivity index (χ2v) is 3.97. The molecule has 12 heavy (non-hydrogen) atoms. The molecule has 2 rings (SSSR count). The van der Waals surface area contributed by atoms with Gasteiger partial charge >= 0.3 is 6.09 Å². The molecule has 0 unspecified atom stereocenters. The van der Waals surface area contributed by atoms with Crippen LogP contribution in [0.1, 0.15) is 38.5 Å². The minimum Gasteiger partial charge on any atom is -0.465 e. The zero-order valence-corrected chi connectivity index (χ0v) is 7.25. The molecule has 2 fully saturated rings. The van der Waals surface area contributed by atoms with E-state index in [0.717, 1.165) is 32.2 Å². The van der Waals surface area contributed by atoms with Crippen molar-refractivity contribution in [3.8, 4) is 0 Å². The topological polar surface area (TPSA) is 40.5 Å². The van der Waals surface area contributed by atoms with Crippen molar-refractivity contribution in [3.05, 3.63) is 0 Å². The van der Waals surface area contributed by atoms with Crippen LogP contribution in [0.3, 0.4) is 0 Å². The molecule has 0 aromatic heterocycles. The maximum atomic E-state index is 10.9. The van der Waals surface area contributed by atoms with E-state index in [1.54, 1.807) is 4.90 Å². The Morgan fingerprint density at radius 3 is 2.33 bits per heavy atom. The molecule has 0 atom stereocenters. The summed E-state index contributed by atoms with van der Waals surface area (Å²) in [6.07, 6.45) is 6.06. The van der Waals surface area contributed by atoms with Gasteiger partial charge in [0, 0.05) is 12.1 Å². The second kappa shape index (κ2) is 2.64. The Hall–Kier alpha value is -0.730. The average molecular weight is 169 g/mol. The summed E-state index contributed by atoms with van der Waals surface area (Å²) in [6, 6.07) is 0. The fourth-order valence-electron chi connectivity index (χ4n) is 2.79. The van der Waals surface area contributed by atoms with Gasteiger partial charge in [-0.15, -0.1) is 0 Å². The van der Waals surface area contributed by atoms with Crippen molar-refractivity contribution in [1.82, 2.24) is 4.90 Å². The lowest BCUT2D eigenvalue weighted by Gasteiger charge is -2.32. The number of amides is 1. The monoisotopic (exact) mass is 169 g/mol. The van der Waals surface area contributed by atoms with E-state index in [-0.39, 0.29) is 5.54 Å². The smallest absolute Gasteiger partial charge is 0.407 e. The normalized spacial score (nSPS) is 26.8. The Morgan fingerprint density at radius 2 is 1.75 bits per heavy atom. The number of likely N-dealkylation sites (tertiary alicyclic amines) is 1. The number of rotatable bonds is 0. The summed E-state index contributed by atoms with van der Waals surface area (Å²) >= 11 is 0. The first-order chi connectivity index (χ1) is 5.75. The van der Waals surface area contributed by atoms with Gasteiger partial charge in [-0.05, 0) is 25.7 Å². The Morgan fingerprint density at radius 1 is 1.17 bits per heavy atom. The fraction of sp³-hybridized carbons (Fsp3) is 0.889. The molecule has 2 aliphatic rings. The molecule has 0 aromatic rings. The number of hydrogen-bond acceptors (Lipinski definition) is 1. The van der Waals surface area contributed by atoms with Crippen LogP contribution in [0.4, 0.5) is 4.79 Å². The van der Waals surface area contributed by atoms with Crippen molar-refractivity contribution in [1.29, 1.82) is 0 Å². The van der Waals surface area contributed by atoms with Gasteiger partial charge in [-0.3, -0.25) is 0 Å². The minimum absolute atomic E-state index is 0.0613. The molecule has 1 aliphatic heterocycles. The lowest BCUT2D eigenvalue weighted by Crippen LogP contribution is -2.44. The standard InChI is InChI=1S/C9H15NO2/c11-8(12)10-7-3-6-9(10)4-1-2-5-9/h1-7H2,(H,11,12). The number of hydrogen-bond donors (Lipinski definition) is 1. The van der Waals surface area contributed by atoms with Crippen LogP contribution in [0.5, 0.6) is 0 Å². The predicted molar refractivity (Wildman–Crippen MR) is 45.2 cm³/mol. The van der Waals surface area contributed by atoms with Crippen LogP contribution in [0.2, 0.25) is 0 Å². The summed E-state index contributed by atoms with van der Waals surface area (Å²) in [7, 11) is 0. The van der Waals surface area contributed by atoms with Crippen LogP contribution in [-0.2, 0) is 0 Å². The van der Waals surface area contributed by atoms with E-state index in [9.17, 15) is 4.79 Å². The summed E-state index contributed by atoms with van der Waals surface area (Å²) in [5, 5.41) is 8.96. The van der Waals surface area contributed by atoms with Crippen LogP contribution >= 0.6 is 0 Å². The molecule has 1 saturated heterocycles. The number of carboxylic acid groups (broad SMARTS) is 1. The van der Waals surface area contributed by atoms with E-state index in [1.807, 2.05) is 0 Å². The van der Waals surface area contributed by atoms with Crippen molar-refractivity contribution in [2.75, 3.05) is 6.54 Å². The van der Waals surface area contributed by atoms with Crippen molar-refractivity contribution >= 4 is 6.09 Å². The third-order valence-electron chi connectivity index (χ3n) is 3.36. The molecule has 0 bridgehead atoms. The summed E-state index contributed by atoms with van der Waals surface area (Å²) in [6.45, 7) is 0.759. The molecular formula is C9H15NO2. The van der Waals surface area contributed by atoms with Gasteiger partial charge < -0.3 is 10.0 Å². The Labute approximate surface area is 72.4 Å². The third kappa shape index (κ3) is 0.993. The molecule has 3 nitrogen and oxygen atoms in total. The Balaban J connectivity index is 2.17. The maximum Gasteiger partial charge on any atom is 0.407 e. The van der Waals surface area contributed by atoms with Gasteiger partial charge in [0.25, 0.3) is 0 Å². The van der Waals surface area contributed by atoms with E-state index >= 15 is 0 Å². The van der Waals surface area contributed by atoms with Crippen LogP contribution in [-0.4, -0.2) is 28.2 Å². The van der Waals surface area contributed by atoms with Crippen LogP contribution < -0.4 is 0 Å². The molecule has 1 saturated carbocycles. The molecule has 1 heterocycles. The average Bonchev–Trinajstić information content (AvgIpc) is 2.61. The lowest BCUT2D eigenvalue weighted by atomic mass is 9.95. The van der Waals surface area contributed by atoms with E-state index in [4.69, 9.17) is 5.11 Å². The maximum absolute atomic E-state index is 10.9. The fourth-order valence-corrected chi connectivity index (χ4v) is 2.79. The predicted octanol–water partition coefficient (Wildman–Crippen LogP) is 2.07. The summed E-state index contributed by atoms with van der Waals surface area (Å²) in [5.41, 5.74) is 0.0613. The van der Waals surface area contributed by atoms with Gasteiger partial charge in [0.15, 0.2) is 0 Å². The highest BCUT2D eigenvalue weighted by Gasteiger charge is 2.45. The first kappa shape index (κ1) is 7.90. The third-order valence-corrected chi connectivity index (χ3v) is 3.36. The highest BCUT2D eigenvalue weighted by atomic mass is 16.4. The van der Waals surface area contributed by atoms with E-state index in [2.05, 4.69) is 0 Å². The van der Waals surface area contributed by atoms with Crippen molar-refractivity contribution in [3.63, 3.8) is 0 Å². The molecule has 68 valence electrons. The van der Waals surface area contributed by atoms with Gasteiger partial charge in [0.05, 0.1) is 0 Å². The molecule has 1 aliphatic carbocycles. The largest absolute Gasteiger partial charge is 0.465 e. The number of nitrogens with zero attached hydrogens (tertiary/aromatic N) is 1. The molecule has 1 amide bonds. The zero-order valence-electron chi connectivity index (χ0n) is 7.25. The van der Waals surface area contributed by atoms with Gasteiger partial charge in [0.2, 0.25) is 0 Å². The summed E-state index contributed by atoms with van der Waals surface area (Å²) in [4.78, 5) is 12.6. The SMILES string of the molecule is O=C(O)N1CCCC12CCCC2. The van der Waals surface area contributed by atoms with Gasteiger partial charge in [-0.2, -0.15) is 0 Å². The van der Waals surface area contributed by atoms with E-state index in [0.29, 0.717) is 0 Å². The summed E-state index contributed by atoms with van der Waals surface area (Å²) in [5.74, 6) is 0. The molecule has 0 aromatic carbocycles. The van der Waals surface area contributed by atoms with Gasteiger partial charge in [-0.1, -0.05) is 12.8 Å². The second-order valence-electron chi connectivity index (χ2n) is 3.97. The lowest BCUT2D eigenvalue weighted by molar-refractivity contribution is 0.104. The Kier molecular flexibility index (Phi) is 1.74. The van der Waals surface area contributed by atoms with E-state index in [1.165, 1.54) is 12.8 Å². The van der Waals surface area contributed by atoms with Crippen LogP contribution in [0, 0.1) is 0 Å². The van der Waals surface area contributed by atoms with Crippen molar-refractivity contribution < 1.29 is 9.90 Å². The van der Waals surface area contributed by atoms with Gasteiger partial charge in [0.1, 0.15) is 0 Å². The van der Waals surface area contributed by atoms with E-state index < -0.39 is 6.09 Å². The molecule has 1 N–H and O–H groups in total. The quantitative estimate of drug-likeness (QED) is 0.603. The van der Waals surface area contributed by atoms with Crippen molar-refractivity contribution in [2.45, 2.75) is 44.1 Å². The zero-order chi connectivity index (χ0) is 8.60. The molecular weight excluding hydrogens is 154 g/mol. The summed E-state index contributed by atoms with van der Waals surface area (Å²) < 4.78 is 0. The van der Waals surface area contributed by atoms with Crippen LogP contribution in [0.25, 0.3) is 0 Å². The van der Waals surface area contributed by atoms with Crippen molar-refractivity contribution in [2.24, 2.45) is 0 Å². The molecule has 0 radical (unpaired) electrons. The van der Waals surface area contributed by atoms with Gasteiger partial charge in [-0.25, -0.2) is 4.79 Å².